The van der Waals surface area contributed by atoms with Gasteiger partial charge in [0.25, 0.3) is 0 Å². The number of nitrogens with one attached hydrogen (secondary N) is 1. The topological polar surface area (TPSA) is 88.2 Å². The molecule has 0 saturated heterocycles. The Morgan fingerprint density at radius 1 is 1.47 bits per heavy atom. The number of carbonyl (C=O) groups is 1. The zero-order valence-electron chi connectivity index (χ0n) is 10.5. The van der Waals surface area contributed by atoms with E-state index in [1.54, 1.807) is 0 Å². The lowest BCUT2D eigenvalue weighted by atomic mass is 9.96. The lowest BCUT2D eigenvalue weighted by Crippen LogP contribution is -2.17. The third kappa shape index (κ3) is 4.95. The highest BCUT2D eigenvalue weighted by Crippen LogP contribution is 2.18. The van der Waals surface area contributed by atoms with Crippen LogP contribution in [0.5, 0.6) is 0 Å². The number of rotatable bonds is 6. The van der Waals surface area contributed by atoms with Gasteiger partial charge in [-0.1, -0.05) is 25.9 Å². The van der Waals surface area contributed by atoms with E-state index in [2.05, 4.69) is 15.5 Å². The highest BCUT2D eigenvalue weighted by atomic mass is 16.5. The molecule has 0 aliphatic heterocycles. The molecule has 6 nitrogen and oxygen atoms in total. The van der Waals surface area contributed by atoms with Crippen LogP contribution in [0.1, 0.15) is 45.3 Å². The highest BCUT2D eigenvalue weighted by molar-refractivity contribution is 5.66. The molecule has 1 heterocycles. The van der Waals surface area contributed by atoms with Crippen LogP contribution in [0.2, 0.25) is 0 Å². The fourth-order valence-electron chi connectivity index (χ4n) is 1.19. The van der Waals surface area contributed by atoms with Crippen molar-refractivity contribution in [3.63, 3.8) is 0 Å². The predicted octanol–water partition coefficient (Wildman–Crippen LogP) is 1.32. The molecule has 0 amide bonds. The molecule has 2 N–H and O–H groups in total. The van der Waals surface area contributed by atoms with E-state index in [0.717, 1.165) is 0 Å². The van der Waals surface area contributed by atoms with E-state index in [9.17, 15) is 4.79 Å². The van der Waals surface area contributed by atoms with Crippen LogP contribution in [0.4, 0.5) is 0 Å². The van der Waals surface area contributed by atoms with E-state index in [4.69, 9.17) is 9.63 Å². The molecule has 0 aliphatic carbocycles. The minimum absolute atomic E-state index is 0.120. The number of carboxylic acids is 1. The van der Waals surface area contributed by atoms with Gasteiger partial charge in [-0.05, 0) is 13.0 Å². The Labute approximate surface area is 100 Å². The first-order chi connectivity index (χ1) is 7.89. The van der Waals surface area contributed by atoms with Crippen LogP contribution in [0.3, 0.4) is 0 Å². The van der Waals surface area contributed by atoms with Gasteiger partial charge < -0.3 is 14.9 Å². The molecule has 0 aliphatic rings. The van der Waals surface area contributed by atoms with Crippen LogP contribution < -0.4 is 5.32 Å². The van der Waals surface area contributed by atoms with Crippen LogP contribution in [0.15, 0.2) is 4.52 Å². The lowest BCUT2D eigenvalue weighted by molar-refractivity contribution is -0.137. The molecule has 0 unspecified atom stereocenters. The summed E-state index contributed by atoms with van der Waals surface area (Å²) in [7, 11) is 0. The van der Waals surface area contributed by atoms with Crippen LogP contribution in [-0.4, -0.2) is 27.8 Å². The summed E-state index contributed by atoms with van der Waals surface area (Å²) in [5, 5.41) is 15.4. The van der Waals surface area contributed by atoms with Crippen molar-refractivity contribution in [2.45, 2.75) is 45.6 Å². The maximum Gasteiger partial charge on any atom is 0.303 e. The van der Waals surface area contributed by atoms with Crippen molar-refractivity contribution in [1.82, 2.24) is 15.5 Å². The zero-order valence-corrected chi connectivity index (χ0v) is 10.5. The Morgan fingerprint density at radius 3 is 2.71 bits per heavy atom. The number of hydrogen-bond donors (Lipinski definition) is 2. The Morgan fingerprint density at radius 2 is 2.18 bits per heavy atom. The van der Waals surface area contributed by atoms with E-state index in [1.807, 2.05) is 20.8 Å². The molecule has 0 atom stereocenters. The van der Waals surface area contributed by atoms with Crippen molar-refractivity contribution >= 4 is 5.97 Å². The highest BCUT2D eigenvalue weighted by Gasteiger charge is 2.20. The van der Waals surface area contributed by atoms with Gasteiger partial charge in [0.2, 0.25) is 5.89 Å². The number of nitrogens with zero attached hydrogens (tertiary/aromatic N) is 2. The third-order valence-electron chi connectivity index (χ3n) is 2.16. The van der Waals surface area contributed by atoms with Crippen molar-refractivity contribution in [1.29, 1.82) is 0 Å². The fourth-order valence-corrected chi connectivity index (χ4v) is 1.19. The van der Waals surface area contributed by atoms with E-state index in [1.165, 1.54) is 0 Å². The van der Waals surface area contributed by atoms with Crippen molar-refractivity contribution in [2.24, 2.45) is 0 Å². The van der Waals surface area contributed by atoms with E-state index < -0.39 is 5.97 Å². The van der Waals surface area contributed by atoms with E-state index >= 15 is 0 Å². The quantitative estimate of drug-likeness (QED) is 0.730. The molecule has 1 rings (SSSR count). The van der Waals surface area contributed by atoms with E-state index in [0.29, 0.717) is 31.2 Å². The lowest BCUT2D eigenvalue weighted by Gasteiger charge is -2.10. The molecule has 0 fully saturated rings. The second kappa shape index (κ2) is 5.77. The maximum absolute atomic E-state index is 10.3. The zero-order chi connectivity index (χ0) is 12.9. The molecule has 0 radical (unpaired) electrons. The van der Waals surface area contributed by atoms with Gasteiger partial charge in [-0.25, -0.2) is 0 Å². The SMILES string of the molecule is CC(C)(C)c1noc(CNCCCC(=O)O)n1. The van der Waals surface area contributed by atoms with Crippen LogP contribution >= 0.6 is 0 Å². The molecule has 1 aromatic rings. The number of aliphatic carboxylic acids is 1. The number of carboxylic acid groups (broad SMARTS) is 1. The Bertz CT molecular complexity index is 368. The van der Waals surface area contributed by atoms with E-state index in [-0.39, 0.29) is 11.8 Å². The average molecular weight is 241 g/mol. The number of hydrogen-bond acceptors (Lipinski definition) is 5. The smallest absolute Gasteiger partial charge is 0.303 e. The van der Waals surface area contributed by atoms with Gasteiger partial charge in [-0.15, -0.1) is 0 Å². The summed E-state index contributed by atoms with van der Waals surface area (Å²) in [5.74, 6) is 0.435. The maximum atomic E-state index is 10.3. The molecule has 0 bridgehead atoms. The van der Waals surface area contributed by atoms with Gasteiger partial charge >= 0.3 is 5.97 Å². The Hall–Kier alpha value is -1.43. The first kappa shape index (κ1) is 13.6. The molecule has 96 valence electrons. The summed E-state index contributed by atoms with van der Waals surface area (Å²) < 4.78 is 5.08. The molecule has 0 saturated carbocycles. The molecule has 0 aromatic carbocycles. The molecule has 17 heavy (non-hydrogen) atoms. The second-order valence-electron chi connectivity index (χ2n) is 4.94. The normalized spacial score (nSPS) is 11.7. The summed E-state index contributed by atoms with van der Waals surface area (Å²) in [6.07, 6.45) is 0.764. The van der Waals surface area contributed by atoms with Crippen molar-refractivity contribution in [2.75, 3.05) is 6.54 Å². The monoisotopic (exact) mass is 241 g/mol. The van der Waals surface area contributed by atoms with Crippen molar-refractivity contribution in [3.05, 3.63) is 11.7 Å². The van der Waals surface area contributed by atoms with Crippen molar-refractivity contribution < 1.29 is 14.4 Å². The van der Waals surface area contributed by atoms with Gasteiger partial charge in [0, 0.05) is 11.8 Å². The molecular weight excluding hydrogens is 222 g/mol. The van der Waals surface area contributed by atoms with Crippen molar-refractivity contribution in [3.8, 4) is 0 Å². The molecule has 1 aromatic heterocycles. The molecular formula is C11H19N3O3. The standard InChI is InChI=1S/C11H19N3O3/c1-11(2,3)10-13-8(17-14-10)7-12-6-4-5-9(15)16/h12H,4-7H2,1-3H3,(H,15,16). The average Bonchev–Trinajstić information content (AvgIpc) is 2.64. The number of aromatic nitrogens is 2. The predicted molar refractivity (Wildman–Crippen MR) is 61.6 cm³/mol. The Kier molecular flexibility index (Phi) is 4.62. The van der Waals surface area contributed by atoms with Gasteiger partial charge in [-0.2, -0.15) is 4.98 Å². The van der Waals surface area contributed by atoms with Crippen LogP contribution in [-0.2, 0) is 16.8 Å². The first-order valence-electron chi connectivity index (χ1n) is 5.65. The van der Waals surface area contributed by atoms with Crippen LogP contribution in [0.25, 0.3) is 0 Å². The second-order valence-corrected chi connectivity index (χ2v) is 4.94. The summed E-state index contributed by atoms with van der Waals surface area (Å²) in [5.41, 5.74) is -0.120. The largest absolute Gasteiger partial charge is 0.481 e. The van der Waals surface area contributed by atoms with Gasteiger partial charge in [-0.3, -0.25) is 4.79 Å². The third-order valence-corrected chi connectivity index (χ3v) is 2.16. The molecule has 6 heteroatoms. The van der Waals surface area contributed by atoms with Gasteiger partial charge in [0.15, 0.2) is 5.82 Å². The Balaban J connectivity index is 2.28. The summed E-state index contributed by atoms with van der Waals surface area (Å²) >= 11 is 0. The van der Waals surface area contributed by atoms with Gasteiger partial charge in [0.05, 0.1) is 6.54 Å². The molecule has 0 spiro atoms. The van der Waals surface area contributed by atoms with Crippen LogP contribution in [0, 0.1) is 0 Å². The van der Waals surface area contributed by atoms with Gasteiger partial charge in [0.1, 0.15) is 0 Å². The summed E-state index contributed by atoms with van der Waals surface area (Å²) in [6.45, 7) is 7.15. The summed E-state index contributed by atoms with van der Waals surface area (Å²) in [6, 6.07) is 0. The minimum atomic E-state index is -0.778. The minimum Gasteiger partial charge on any atom is -0.481 e. The first-order valence-corrected chi connectivity index (χ1v) is 5.65. The summed E-state index contributed by atoms with van der Waals surface area (Å²) in [4.78, 5) is 14.5. The fraction of sp³-hybridized carbons (Fsp3) is 0.727.